The second-order valence-electron chi connectivity index (χ2n) is 3.07. The summed E-state index contributed by atoms with van der Waals surface area (Å²) in [6.45, 7) is 1.77. The number of hydrogen-bond donors (Lipinski definition) is 0. The molecule has 0 saturated heterocycles. The van der Waals surface area contributed by atoms with E-state index in [4.69, 9.17) is 9.15 Å². The van der Waals surface area contributed by atoms with Gasteiger partial charge in [-0.1, -0.05) is 0 Å². The van der Waals surface area contributed by atoms with Crippen molar-refractivity contribution in [2.75, 3.05) is 7.11 Å². The Labute approximate surface area is 76.0 Å². The van der Waals surface area contributed by atoms with Gasteiger partial charge in [0.15, 0.2) is 0 Å². The number of Topliss-reactive ketones (excluding diaryl/α,β-unsaturated/α-hetero) is 1. The Bertz CT molecular complexity index is 362. The van der Waals surface area contributed by atoms with Gasteiger partial charge in [-0.25, -0.2) is 0 Å². The predicted octanol–water partition coefficient (Wildman–Crippen LogP) is 1.65. The van der Waals surface area contributed by atoms with Gasteiger partial charge in [0, 0.05) is 7.11 Å². The first-order valence-corrected chi connectivity index (χ1v) is 4.04. The monoisotopic (exact) mass is 178 g/mol. The third kappa shape index (κ3) is 0.906. The van der Waals surface area contributed by atoms with Crippen molar-refractivity contribution in [1.82, 2.24) is 0 Å². The number of methoxy groups -OCH3 is 1. The Morgan fingerprint density at radius 2 is 2.31 bits per heavy atom. The zero-order chi connectivity index (χ0) is 9.47. The molecule has 1 aliphatic carbocycles. The molecule has 0 radical (unpaired) electrons. The van der Waals surface area contributed by atoms with Crippen LogP contribution >= 0.6 is 0 Å². The smallest absolute Gasteiger partial charge is 0.206 e. The molecule has 0 aromatic carbocycles. The minimum absolute atomic E-state index is 0.0232. The average Bonchev–Trinajstić information content (AvgIpc) is 2.66. The molecule has 0 spiro atoms. The number of carbonyl (C=O) groups excluding carboxylic acids is 1. The van der Waals surface area contributed by atoms with Gasteiger partial charge in [-0.15, -0.1) is 0 Å². The minimum atomic E-state index is -0.951. The number of ketones is 1. The minimum Gasteiger partial charge on any atom is -0.465 e. The highest BCUT2D eigenvalue weighted by atomic mass is 16.5. The maximum atomic E-state index is 11.6. The Morgan fingerprint density at radius 1 is 1.54 bits per heavy atom. The molecular formula is C10H10O3. The van der Waals surface area contributed by atoms with Gasteiger partial charge in [-0.2, -0.15) is 0 Å². The van der Waals surface area contributed by atoms with E-state index in [9.17, 15) is 4.79 Å². The predicted molar refractivity (Wildman–Crippen MR) is 46.2 cm³/mol. The Hall–Kier alpha value is -1.35. The van der Waals surface area contributed by atoms with Crippen molar-refractivity contribution in [2.24, 2.45) is 0 Å². The molecule has 3 nitrogen and oxygen atoms in total. The van der Waals surface area contributed by atoms with Crippen molar-refractivity contribution in [3.05, 3.63) is 35.8 Å². The van der Waals surface area contributed by atoms with Gasteiger partial charge in [0.2, 0.25) is 11.4 Å². The van der Waals surface area contributed by atoms with Crippen molar-refractivity contribution < 1.29 is 13.9 Å². The van der Waals surface area contributed by atoms with E-state index >= 15 is 0 Å². The first-order chi connectivity index (χ1) is 6.20. The number of carbonyl (C=O) groups is 1. The largest absolute Gasteiger partial charge is 0.465 e. The molecule has 0 aliphatic heterocycles. The normalized spacial score (nSPS) is 26.9. The van der Waals surface area contributed by atoms with Crippen molar-refractivity contribution in [3.8, 4) is 0 Å². The molecule has 68 valence electrons. The van der Waals surface area contributed by atoms with E-state index in [0.29, 0.717) is 5.76 Å². The molecular weight excluding hydrogens is 168 g/mol. The van der Waals surface area contributed by atoms with Gasteiger partial charge < -0.3 is 9.15 Å². The second kappa shape index (κ2) is 2.57. The average molecular weight is 178 g/mol. The number of ether oxygens (including phenoxy) is 1. The van der Waals surface area contributed by atoms with E-state index in [2.05, 4.69) is 0 Å². The van der Waals surface area contributed by atoms with Crippen LogP contribution in [0.5, 0.6) is 0 Å². The van der Waals surface area contributed by atoms with Crippen LogP contribution in [-0.4, -0.2) is 12.9 Å². The van der Waals surface area contributed by atoms with E-state index in [1.165, 1.54) is 13.4 Å². The summed E-state index contributed by atoms with van der Waals surface area (Å²) < 4.78 is 10.3. The summed E-state index contributed by atoms with van der Waals surface area (Å²) in [5, 5.41) is 0. The van der Waals surface area contributed by atoms with Crippen LogP contribution in [0.15, 0.2) is 34.5 Å². The van der Waals surface area contributed by atoms with Gasteiger partial charge in [-0.05, 0) is 30.7 Å². The van der Waals surface area contributed by atoms with Crippen LogP contribution in [0.2, 0.25) is 0 Å². The third-order valence-corrected chi connectivity index (χ3v) is 2.32. The van der Waals surface area contributed by atoms with E-state index in [1.807, 2.05) is 0 Å². The summed E-state index contributed by atoms with van der Waals surface area (Å²) in [6.07, 6.45) is 3.30. The standard InChI is InChI=1S/C10H10O3/c1-7-6-10(12-2,9(7)11)8-4-3-5-13-8/h3-6H,1-2H3. The van der Waals surface area contributed by atoms with Crippen molar-refractivity contribution >= 4 is 5.78 Å². The van der Waals surface area contributed by atoms with Gasteiger partial charge in [0.1, 0.15) is 5.76 Å². The van der Waals surface area contributed by atoms with Crippen LogP contribution in [0.4, 0.5) is 0 Å². The van der Waals surface area contributed by atoms with Crippen LogP contribution in [0.25, 0.3) is 0 Å². The van der Waals surface area contributed by atoms with Gasteiger partial charge in [-0.3, -0.25) is 4.79 Å². The highest BCUT2D eigenvalue weighted by Crippen LogP contribution is 2.39. The summed E-state index contributed by atoms with van der Waals surface area (Å²) in [6, 6.07) is 3.48. The summed E-state index contributed by atoms with van der Waals surface area (Å²) >= 11 is 0. The van der Waals surface area contributed by atoms with E-state index in [0.717, 1.165) is 5.57 Å². The van der Waals surface area contributed by atoms with Gasteiger partial charge >= 0.3 is 0 Å². The lowest BCUT2D eigenvalue weighted by atomic mass is 9.79. The van der Waals surface area contributed by atoms with E-state index < -0.39 is 5.60 Å². The molecule has 1 aromatic heterocycles. The molecule has 0 amide bonds. The molecule has 1 atom stereocenters. The number of furan rings is 1. The quantitative estimate of drug-likeness (QED) is 0.691. The van der Waals surface area contributed by atoms with Gasteiger partial charge in [0.05, 0.1) is 6.26 Å². The molecule has 1 heterocycles. The van der Waals surface area contributed by atoms with Gasteiger partial charge in [0.25, 0.3) is 0 Å². The SMILES string of the molecule is COC1(c2ccco2)C=C(C)C1=O. The zero-order valence-electron chi connectivity index (χ0n) is 7.53. The summed E-state index contributed by atoms with van der Waals surface area (Å²) in [4.78, 5) is 11.6. The fraction of sp³-hybridized carbons (Fsp3) is 0.300. The second-order valence-corrected chi connectivity index (χ2v) is 3.07. The molecule has 0 bridgehead atoms. The van der Waals surface area contributed by atoms with Crippen LogP contribution < -0.4 is 0 Å². The number of hydrogen-bond acceptors (Lipinski definition) is 3. The lowest BCUT2D eigenvalue weighted by molar-refractivity contribution is -0.138. The lowest BCUT2D eigenvalue weighted by Crippen LogP contribution is -2.43. The zero-order valence-corrected chi connectivity index (χ0v) is 7.53. The van der Waals surface area contributed by atoms with E-state index in [1.54, 1.807) is 25.1 Å². The molecule has 1 aliphatic rings. The molecule has 2 rings (SSSR count). The van der Waals surface area contributed by atoms with Crippen LogP contribution in [0.1, 0.15) is 12.7 Å². The fourth-order valence-electron chi connectivity index (χ4n) is 1.58. The van der Waals surface area contributed by atoms with Crippen LogP contribution in [0.3, 0.4) is 0 Å². The van der Waals surface area contributed by atoms with E-state index in [-0.39, 0.29) is 5.78 Å². The van der Waals surface area contributed by atoms with Crippen LogP contribution in [0, 0.1) is 0 Å². The summed E-state index contributed by atoms with van der Waals surface area (Å²) in [5.41, 5.74) is -0.230. The summed E-state index contributed by atoms with van der Waals surface area (Å²) in [7, 11) is 1.50. The fourth-order valence-corrected chi connectivity index (χ4v) is 1.58. The van der Waals surface area contributed by atoms with Crippen molar-refractivity contribution in [3.63, 3.8) is 0 Å². The Kier molecular flexibility index (Phi) is 1.63. The maximum Gasteiger partial charge on any atom is 0.206 e. The molecule has 13 heavy (non-hydrogen) atoms. The number of rotatable bonds is 2. The van der Waals surface area contributed by atoms with Crippen molar-refractivity contribution in [1.29, 1.82) is 0 Å². The summed E-state index contributed by atoms with van der Waals surface area (Å²) in [5.74, 6) is 0.524. The Balaban J connectivity index is 2.46. The lowest BCUT2D eigenvalue weighted by Gasteiger charge is -2.33. The van der Waals surface area contributed by atoms with Crippen LogP contribution in [-0.2, 0) is 15.1 Å². The first-order valence-electron chi connectivity index (χ1n) is 4.04. The molecule has 0 N–H and O–H groups in total. The van der Waals surface area contributed by atoms with Crippen molar-refractivity contribution in [2.45, 2.75) is 12.5 Å². The molecule has 1 unspecified atom stereocenters. The molecule has 0 saturated carbocycles. The maximum absolute atomic E-state index is 11.6. The Morgan fingerprint density at radius 3 is 2.69 bits per heavy atom. The highest BCUT2D eigenvalue weighted by Gasteiger charge is 2.48. The topological polar surface area (TPSA) is 39.4 Å². The molecule has 0 fully saturated rings. The highest BCUT2D eigenvalue weighted by molar-refractivity contribution is 6.09. The third-order valence-electron chi connectivity index (χ3n) is 2.32. The molecule has 3 heteroatoms. The first kappa shape index (κ1) is 8.26. The molecule has 1 aromatic rings.